The molecule has 0 bridgehead atoms. The second-order valence-corrected chi connectivity index (χ2v) is 3.32. The van der Waals surface area contributed by atoms with E-state index in [0.717, 1.165) is 0 Å². The molecule has 0 amide bonds. The van der Waals surface area contributed by atoms with E-state index in [4.69, 9.17) is 9.05 Å². The van der Waals surface area contributed by atoms with Gasteiger partial charge in [0.15, 0.2) is 0 Å². The van der Waals surface area contributed by atoms with Crippen molar-refractivity contribution >= 4 is 13.9 Å². The van der Waals surface area contributed by atoms with Crippen LogP contribution in [0.2, 0.25) is 0 Å². The van der Waals surface area contributed by atoms with Crippen molar-refractivity contribution in [2.75, 3.05) is 13.2 Å². The molecule has 0 aliphatic rings. The van der Waals surface area contributed by atoms with Gasteiger partial charge in [-0.15, -0.1) is 5.10 Å². The Bertz CT molecular complexity index is 199. The highest BCUT2D eigenvalue weighted by atomic mass is 31.2. The lowest BCUT2D eigenvalue weighted by atomic mass is 10.9. The molecule has 1 rings (SSSR count). The zero-order valence-electron chi connectivity index (χ0n) is 7.15. The number of aromatic amines is 1. The maximum absolute atomic E-state index is 5.32. The summed E-state index contributed by atoms with van der Waals surface area (Å²) in [5.41, 5.74) is 0.605. The molecule has 0 spiro atoms. The fourth-order valence-corrected chi connectivity index (χ4v) is 1.74. The van der Waals surface area contributed by atoms with Gasteiger partial charge in [0.2, 0.25) is 13.9 Å². The van der Waals surface area contributed by atoms with Gasteiger partial charge in [-0.25, -0.2) is 4.98 Å². The summed E-state index contributed by atoms with van der Waals surface area (Å²) >= 11 is 0. The van der Waals surface area contributed by atoms with Crippen molar-refractivity contribution in [2.45, 2.75) is 13.8 Å². The highest BCUT2D eigenvalue weighted by Crippen LogP contribution is 2.34. The molecule has 0 radical (unpaired) electrons. The molecule has 0 saturated heterocycles. The summed E-state index contributed by atoms with van der Waals surface area (Å²) in [5, 5.41) is 6.52. The van der Waals surface area contributed by atoms with Gasteiger partial charge in [-0.05, 0) is 13.8 Å². The standard InChI is InChI=1S/C6H12N3O2P/c1-3-10-12(11-4-2)6-7-5-8-9-6/h5H,3-4H2,1-2H3,(H,7,8,9). The van der Waals surface area contributed by atoms with Crippen LogP contribution in [0.3, 0.4) is 0 Å². The van der Waals surface area contributed by atoms with E-state index in [1.165, 1.54) is 6.33 Å². The maximum Gasteiger partial charge on any atom is 0.247 e. The third-order valence-electron chi connectivity index (χ3n) is 1.06. The van der Waals surface area contributed by atoms with Crippen molar-refractivity contribution in [1.82, 2.24) is 15.2 Å². The summed E-state index contributed by atoms with van der Waals surface area (Å²) < 4.78 is 10.6. The van der Waals surface area contributed by atoms with E-state index in [0.29, 0.717) is 18.8 Å². The molecule has 1 aromatic rings. The summed E-state index contributed by atoms with van der Waals surface area (Å²) in [6.45, 7) is 5.06. The van der Waals surface area contributed by atoms with Gasteiger partial charge in [-0.3, -0.25) is 5.10 Å². The molecular weight excluding hydrogens is 177 g/mol. The monoisotopic (exact) mass is 189 g/mol. The molecule has 6 heteroatoms. The van der Waals surface area contributed by atoms with E-state index in [2.05, 4.69) is 15.2 Å². The Labute approximate surface area is 72.4 Å². The van der Waals surface area contributed by atoms with Gasteiger partial charge in [0.25, 0.3) is 0 Å². The van der Waals surface area contributed by atoms with E-state index in [1.807, 2.05) is 13.8 Å². The van der Waals surface area contributed by atoms with Crippen LogP contribution in [0.1, 0.15) is 13.8 Å². The van der Waals surface area contributed by atoms with E-state index in [-0.39, 0.29) is 0 Å². The minimum atomic E-state index is -1.07. The molecule has 0 atom stereocenters. The Balaban J connectivity index is 2.53. The third-order valence-corrected chi connectivity index (χ3v) is 2.59. The van der Waals surface area contributed by atoms with Crippen LogP contribution >= 0.6 is 8.38 Å². The summed E-state index contributed by atoms with van der Waals surface area (Å²) in [4.78, 5) is 3.97. The first-order valence-electron chi connectivity index (χ1n) is 3.80. The van der Waals surface area contributed by atoms with E-state index < -0.39 is 8.38 Å². The smallest absolute Gasteiger partial charge is 0.247 e. The lowest BCUT2D eigenvalue weighted by Gasteiger charge is -2.10. The number of hydrogen-bond acceptors (Lipinski definition) is 4. The molecular formula is C6H12N3O2P. The van der Waals surface area contributed by atoms with Crippen LogP contribution in [0.25, 0.3) is 0 Å². The van der Waals surface area contributed by atoms with Crippen LogP contribution in [0.5, 0.6) is 0 Å². The number of nitrogens with one attached hydrogen (secondary N) is 1. The quantitative estimate of drug-likeness (QED) is 0.696. The molecule has 1 heterocycles. The average molecular weight is 189 g/mol. The predicted octanol–water partition coefficient (Wildman–Crippen LogP) is 0.815. The van der Waals surface area contributed by atoms with Gasteiger partial charge in [0, 0.05) is 0 Å². The van der Waals surface area contributed by atoms with E-state index in [1.54, 1.807) is 0 Å². The molecule has 0 fully saturated rings. The fourth-order valence-electron chi connectivity index (χ4n) is 0.677. The molecule has 0 saturated carbocycles. The van der Waals surface area contributed by atoms with Gasteiger partial charge in [-0.1, -0.05) is 0 Å². The van der Waals surface area contributed by atoms with Gasteiger partial charge in [-0.2, -0.15) is 0 Å². The zero-order chi connectivity index (χ0) is 8.81. The molecule has 0 aliphatic heterocycles. The summed E-state index contributed by atoms with van der Waals surface area (Å²) in [6.07, 6.45) is 1.52. The molecule has 1 N–H and O–H groups in total. The molecule has 5 nitrogen and oxygen atoms in total. The van der Waals surface area contributed by atoms with Crippen LogP contribution < -0.4 is 5.57 Å². The number of hydrogen-bond donors (Lipinski definition) is 1. The number of nitrogens with zero attached hydrogens (tertiary/aromatic N) is 2. The second kappa shape index (κ2) is 5.19. The van der Waals surface area contributed by atoms with E-state index in [9.17, 15) is 0 Å². The van der Waals surface area contributed by atoms with Crippen molar-refractivity contribution in [3.63, 3.8) is 0 Å². The van der Waals surface area contributed by atoms with Gasteiger partial charge in [0.1, 0.15) is 6.33 Å². The minimum absolute atomic E-state index is 0.605. The van der Waals surface area contributed by atoms with Crippen LogP contribution in [0, 0.1) is 0 Å². The Morgan fingerprint density at radius 2 is 2.08 bits per heavy atom. The normalized spacial score (nSPS) is 10.9. The summed E-state index contributed by atoms with van der Waals surface area (Å²) in [7, 11) is -1.07. The lowest BCUT2D eigenvalue weighted by Crippen LogP contribution is -2.10. The Kier molecular flexibility index (Phi) is 4.14. The molecule has 0 aliphatic carbocycles. The Hall–Kier alpha value is -0.510. The van der Waals surface area contributed by atoms with Crippen molar-refractivity contribution in [1.29, 1.82) is 0 Å². The highest BCUT2D eigenvalue weighted by molar-refractivity contribution is 7.55. The fraction of sp³-hybridized carbons (Fsp3) is 0.667. The largest absolute Gasteiger partial charge is 0.329 e. The molecule has 12 heavy (non-hydrogen) atoms. The van der Waals surface area contributed by atoms with E-state index >= 15 is 0 Å². The van der Waals surface area contributed by atoms with Crippen LogP contribution in [0.4, 0.5) is 0 Å². The van der Waals surface area contributed by atoms with Gasteiger partial charge < -0.3 is 9.05 Å². The van der Waals surface area contributed by atoms with Gasteiger partial charge >= 0.3 is 0 Å². The maximum atomic E-state index is 5.32. The first-order chi connectivity index (χ1) is 5.88. The van der Waals surface area contributed by atoms with Crippen LogP contribution in [-0.4, -0.2) is 28.4 Å². The van der Waals surface area contributed by atoms with Gasteiger partial charge in [0.05, 0.1) is 13.2 Å². The predicted molar refractivity (Wildman–Crippen MR) is 46.2 cm³/mol. The first-order valence-corrected chi connectivity index (χ1v) is 4.98. The summed E-state index contributed by atoms with van der Waals surface area (Å²) in [6, 6.07) is 0. The average Bonchev–Trinajstić information content (AvgIpc) is 2.56. The number of aromatic nitrogens is 3. The molecule has 1 aromatic heterocycles. The SMILES string of the molecule is CCOP(OCC)c1nc[nH]n1. The number of H-pyrrole nitrogens is 1. The molecule has 0 aromatic carbocycles. The first kappa shape index (κ1) is 9.58. The Morgan fingerprint density at radius 3 is 2.50 bits per heavy atom. The van der Waals surface area contributed by atoms with Crippen molar-refractivity contribution in [3.8, 4) is 0 Å². The Morgan fingerprint density at radius 1 is 1.42 bits per heavy atom. The van der Waals surface area contributed by atoms with Crippen LogP contribution in [-0.2, 0) is 9.05 Å². The van der Waals surface area contributed by atoms with Crippen molar-refractivity contribution in [2.24, 2.45) is 0 Å². The van der Waals surface area contributed by atoms with Crippen LogP contribution in [0.15, 0.2) is 6.33 Å². The topological polar surface area (TPSA) is 60.0 Å². The third kappa shape index (κ3) is 2.52. The zero-order valence-corrected chi connectivity index (χ0v) is 8.04. The summed E-state index contributed by atoms with van der Waals surface area (Å²) in [5.74, 6) is 0. The lowest BCUT2D eigenvalue weighted by molar-refractivity contribution is 0.276. The van der Waals surface area contributed by atoms with Crippen molar-refractivity contribution < 1.29 is 9.05 Å². The number of rotatable bonds is 5. The highest BCUT2D eigenvalue weighted by Gasteiger charge is 2.15. The second-order valence-electron chi connectivity index (χ2n) is 1.89. The molecule has 68 valence electrons. The van der Waals surface area contributed by atoms with Crippen molar-refractivity contribution in [3.05, 3.63) is 6.33 Å². The minimum Gasteiger partial charge on any atom is -0.329 e. The molecule has 0 unspecified atom stereocenters.